The molecular weight excluding hydrogens is 587 g/mol. The number of phosphoric ester groups is 1. The average molecular weight is 651 g/mol. The molecule has 0 rings (SSSR count). The second-order valence-electron chi connectivity index (χ2n) is 11.5. The molecule has 10 nitrogen and oxygen atoms in total. The van der Waals surface area contributed by atoms with Crippen LogP contribution in [0.3, 0.4) is 0 Å². The van der Waals surface area contributed by atoms with E-state index in [0.717, 1.165) is 57.8 Å². The van der Waals surface area contributed by atoms with Crippen LogP contribution in [0.25, 0.3) is 0 Å². The second-order valence-corrected chi connectivity index (χ2v) is 13.0. The Labute approximate surface area is 266 Å². The van der Waals surface area contributed by atoms with E-state index in [-0.39, 0.29) is 19.4 Å². The first kappa shape index (κ1) is 42.7. The molecule has 0 saturated heterocycles. The van der Waals surface area contributed by atoms with Crippen molar-refractivity contribution >= 4 is 19.8 Å². The van der Waals surface area contributed by atoms with E-state index in [1.165, 1.54) is 51.4 Å². The van der Waals surface area contributed by atoms with Gasteiger partial charge in [-0.15, -0.1) is 0 Å². The Bertz CT molecular complexity index is 761. The average Bonchev–Trinajstić information content (AvgIpc) is 3.00. The number of rotatable bonds is 32. The zero-order valence-corrected chi connectivity index (χ0v) is 28.5. The van der Waals surface area contributed by atoms with Crippen molar-refractivity contribution in [3.63, 3.8) is 0 Å². The number of carbonyl (C=O) groups excluding carboxylic acids is 2. The minimum Gasteiger partial charge on any atom is -0.462 e. The Morgan fingerprint density at radius 2 is 1.11 bits per heavy atom. The van der Waals surface area contributed by atoms with Crippen LogP contribution in [-0.2, 0) is 32.7 Å². The molecule has 0 saturated carbocycles. The summed E-state index contributed by atoms with van der Waals surface area (Å²) in [7, 11) is -4.60. The van der Waals surface area contributed by atoms with Gasteiger partial charge in [0.05, 0.1) is 19.8 Å². The van der Waals surface area contributed by atoms with E-state index < -0.39 is 51.8 Å². The molecule has 0 amide bonds. The molecule has 3 N–H and O–H groups in total. The molecule has 0 aliphatic rings. The van der Waals surface area contributed by atoms with E-state index in [4.69, 9.17) is 19.1 Å². The van der Waals surface area contributed by atoms with Gasteiger partial charge in [0.2, 0.25) is 0 Å². The molecule has 0 aromatic heterocycles. The first-order valence-corrected chi connectivity index (χ1v) is 18.6. The van der Waals surface area contributed by atoms with E-state index in [2.05, 4.69) is 30.5 Å². The highest BCUT2D eigenvalue weighted by Gasteiger charge is 2.27. The first-order chi connectivity index (χ1) is 21.2. The minimum absolute atomic E-state index is 0.177. The molecule has 0 spiro atoms. The largest absolute Gasteiger partial charge is 0.472 e. The number of phosphoric acid groups is 1. The summed E-state index contributed by atoms with van der Waals surface area (Å²) in [6.45, 7) is 2.28. The topological polar surface area (TPSA) is 149 Å². The lowest BCUT2D eigenvalue weighted by atomic mass is 10.1. The van der Waals surface area contributed by atoms with Gasteiger partial charge in [0.15, 0.2) is 6.10 Å². The van der Waals surface area contributed by atoms with Crippen LogP contribution < -0.4 is 0 Å². The molecule has 0 aliphatic heterocycles. The number of aliphatic hydroxyl groups excluding tert-OH is 2. The fourth-order valence-electron chi connectivity index (χ4n) is 4.46. The highest BCUT2D eigenvalue weighted by Crippen LogP contribution is 2.43. The van der Waals surface area contributed by atoms with Gasteiger partial charge in [-0.3, -0.25) is 18.6 Å². The van der Waals surface area contributed by atoms with Crippen LogP contribution >= 0.6 is 7.82 Å². The summed E-state index contributed by atoms with van der Waals surface area (Å²) in [5.74, 6) is -0.941. The number of unbranched alkanes of at least 4 members (excludes halogenated alkanes) is 16. The number of aliphatic hydroxyl groups is 2. The molecule has 0 fully saturated rings. The monoisotopic (exact) mass is 650 g/mol. The van der Waals surface area contributed by atoms with Crippen LogP contribution in [0.5, 0.6) is 0 Å². The van der Waals surface area contributed by atoms with Crippen LogP contribution in [0.4, 0.5) is 0 Å². The Hall–Kier alpha value is -1.29. The van der Waals surface area contributed by atoms with Crippen molar-refractivity contribution in [1.29, 1.82) is 0 Å². The van der Waals surface area contributed by atoms with Crippen LogP contribution in [0.2, 0.25) is 0 Å². The van der Waals surface area contributed by atoms with Gasteiger partial charge in [0, 0.05) is 12.8 Å². The zero-order chi connectivity index (χ0) is 32.7. The number of hydrogen-bond donors (Lipinski definition) is 3. The van der Waals surface area contributed by atoms with E-state index in [1.807, 2.05) is 0 Å². The van der Waals surface area contributed by atoms with E-state index >= 15 is 0 Å². The summed E-state index contributed by atoms with van der Waals surface area (Å²) in [5, 5.41) is 18.2. The molecule has 0 aromatic carbocycles. The van der Waals surface area contributed by atoms with Gasteiger partial charge in [0.25, 0.3) is 0 Å². The quantitative estimate of drug-likeness (QED) is 0.0286. The molecule has 0 aliphatic carbocycles. The molecule has 0 heterocycles. The van der Waals surface area contributed by atoms with E-state index in [1.54, 1.807) is 0 Å². The van der Waals surface area contributed by atoms with Crippen LogP contribution in [0, 0.1) is 0 Å². The van der Waals surface area contributed by atoms with Crippen LogP contribution in [0.1, 0.15) is 149 Å². The van der Waals surface area contributed by atoms with Gasteiger partial charge in [-0.05, 0) is 38.5 Å². The third-order valence-corrected chi connectivity index (χ3v) is 8.12. The van der Waals surface area contributed by atoms with Gasteiger partial charge < -0.3 is 24.6 Å². The SMILES string of the molecule is CCCCCCC/C=C/CCCCCCCC(=O)O[C@H](COC(=O)CCCCCCCCC)COP(=O)(O)OC[C@@H](O)CO. The second kappa shape index (κ2) is 30.4. The predicted octanol–water partition coefficient (Wildman–Crippen LogP) is 7.72. The Kier molecular flexibility index (Phi) is 29.5. The van der Waals surface area contributed by atoms with Crippen molar-refractivity contribution in [3.8, 4) is 0 Å². The van der Waals surface area contributed by atoms with Crippen molar-refractivity contribution in [3.05, 3.63) is 12.2 Å². The number of hydrogen-bond acceptors (Lipinski definition) is 9. The zero-order valence-electron chi connectivity index (χ0n) is 27.6. The third kappa shape index (κ3) is 29.4. The van der Waals surface area contributed by atoms with Gasteiger partial charge >= 0.3 is 19.8 Å². The van der Waals surface area contributed by atoms with Gasteiger partial charge in [0.1, 0.15) is 12.7 Å². The molecule has 44 heavy (non-hydrogen) atoms. The summed E-state index contributed by atoms with van der Waals surface area (Å²) < 4.78 is 32.4. The van der Waals surface area contributed by atoms with E-state index in [9.17, 15) is 24.2 Å². The van der Waals surface area contributed by atoms with Crippen molar-refractivity contribution in [2.24, 2.45) is 0 Å². The maximum absolute atomic E-state index is 12.5. The highest BCUT2D eigenvalue weighted by molar-refractivity contribution is 7.47. The van der Waals surface area contributed by atoms with Crippen molar-refractivity contribution in [2.75, 3.05) is 26.4 Å². The van der Waals surface area contributed by atoms with E-state index in [0.29, 0.717) is 12.8 Å². The Morgan fingerprint density at radius 1 is 0.659 bits per heavy atom. The number of ether oxygens (including phenoxy) is 2. The molecule has 0 bridgehead atoms. The lowest BCUT2D eigenvalue weighted by molar-refractivity contribution is -0.161. The van der Waals surface area contributed by atoms with Gasteiger partial charge in [-0.1, -0.05) is 109 Å². The van der Waals surface area contributed by atoms with Gasteiger partial charge in [-0.25, -0.2) is 4.57 Å². The normalized spacial score (nSPS) is 14.4. The Morgan fingerprint density at radius 3 is 1.64 bits per heavy atom. The number of allylic oxidation sites excluding steroid dienone is 2. The molecular formula is C33H63O10P. The summed E-state index contributed by atoms with van der Waals surface area (Å²) in [4.78, 5) is 34.5. The summed E-state index contributed by atoms with van der Waals surface area (Å²) in [5.41, 5.74) is 0. The highest BCUT2D eigenvalue weighted by atomic mass is 31.2. The lowest BCUT2D eigenvalue weighted by Gasteiger charge is -2.20. The molecule has 260 valence electrons. The Balaban J connectivity index is 4.40. The lowest BCUT2D eigenvalue weighted by Crippen LogP contribution is -2.29. The number of carbonyl (C=O) groups is 2. The maximum Gasteiger partial charge on any atom is 0.472 e. The van der Waals surface area contributed by atoms with Crippen molar-refractivity contribution < 1.29 is 47.8 Å². The van der Waals surface area contributed by atoms with Gasteiger partial charge in [-0.2, -0.15) is 0 Å². The number of esters is 2. The summed E-state index contributed by atoms with van der Waals surface area (Å²) >= 11 is 0. The van der Waals surface area contributed by atoms with Crippen LogP contribution in [0.15, 0.2) is 12.2 Å². The fraction of sp³-hybridized carbons (Fsp3) is 0.879. The summed E-state index contributed by atoms with van der Waals surface area (Å²) in [6, 6.07) is 0. The minimum atomic E-state index is -4.60. The third-order valence-electron chi connectivity index (χ3n) is 7.17. The van der Waals surface area contributed by atoms with Crippen LogP contribution in [-0.4, -0.2) is 65.7 Å². The first-order valence-electron chi connectivity index (χ1n) is 17.1. The predicted molar refractivity (Wildman–Crippen MR) is 173 cm³/mol. The smallest absolute Gasteiger partial charge is 0.462 e. The molecule has 0 radical (unpaired) electrons. The standard InChI is InChI=1S/C33H63O10P/c1-3-5-7-9-11-12-13-14-15-16-17-19-21-23-25-33(37)43-31(29-42-44(38,39)41-27-30(35)26-34)28-40-32(36)24-22-20-18-10-8-6-4-2/h13-14,30-31,34-35H,3-12,15-29H2,1-2H3,(H,38,39)/b14-13+/t30-,31+/m0/s1. The molecule has 3 atom stereocenters. The molecule has 11 heteroatoms. The summed E-state index contributed by atoms with van der Waals surface area (Å²) in [6.07, 6.45) is 23.5. The molecule has 1 unspecified atom stereocenters. The van der Waals surface area contributed by atoms with Crippen molar-refractivity contribution in [1.82, 2.24) is 0 Å². The molecule has 0 aromatic rings. The fourth-order valence-corrected chi connectivity index (χ4v) is 5.25. The van der Waals surface area contributed by atoms with Crippen molar-refractivity contribution in [2.45, 2.75) is 161 Å². The maximum atomic E-state index is 12.5.